The van der Waals surface area contributed by atoms with Gasteiger partial charge >= 0.3 is 0 Å². The number of fused-ring (bicyclic) bond motifs is 2. The van der Waals surface area contributed by atoms with E-state index in [1.54, 1.807) is 7.11 Å². The first-order chi connectivity index (χ1) is 13.1. The van der Waals surface area contributed by atoms with Crippen LogP contribution in [0.5, 0.6) is 5.75 Å². The summed E-state index contributed by atoms with van der Waals surface area (Å²) in [6.45, 7) is 4.94. The number of nitrogens with zero attached hydrogens (tertiary/aromatic N) is 2. The van der Waals surface area contributed by atoms with Crippen molar-refractivity contribution in [3.05, 3.63) is 29.8 Å². The first-order valence-corrected chi connectivity index (χ1v) is 10.0. The molecule has 3 unspecified atom stereocenters. The Balaban J connectivity index is 1.58. The van der Waals surface area contributed by atoms with E-state index in [0.717, 1.165) is 25.4 Å². The lowest BCUT2D eigenvalue weighted by Gasteiger charge is -2.51. The van der Waals surface area contributed by atoms with E-state index in [2.05, 4.69) is 27.2 Å². The lowest BCUT2D eigenvalue weighted by Crippen LogP contribution is -2.60. The van der Waals surface area contributed by atoms with Crippen molar-refractivity contribution in [3.63, 3.8) is 0 Å². The van der Waals surface area contributed by atoms with Crippen LogP contribution < -0.4 is 10.1 Å². The fraction of sp³-hybridized carbons (Fsp3) is 0.619. The third-order valence-electron chi connectivity index (χ3n) is 6.55. The average molecular weight is 371 g/mol. The SMILES string of the molecule is COc1cccc(C2CN(C(=O)CCNC(C)=O)C3C4CCN(CC4)C23)c1. The minimum absolute atomic E-state index is 0.0841. The van der Waals surface area contributed by atoms with Gasteiger partial charge in [0.15, 0.2) is 0 Å². The maximum atomic E-state index is 13.0. The Morgan fingerprint density at radius 1 is 1.22 bits per heavy atom. The van der Waals surface area contributed by atoms with Gasteiger partial charge in [-0.25, -0.2) is 0 Å². The summed E-state index contributed by atoms with van der Waals surface area (Å²) in [6, 6.07) is 9.00. The summed E-state index contributed by atoms with van der Waals surface area (Å²) < 4.78 is 5.43. The maximum Gasteiger partial charge on any atom is 0.224 e. The van der Waals surface area contributed by atoms with Gasteiger partial charge in [-0.15, -0.1) is 0 Å². The zero-order valence-electron chi connectivity index (χ0n) is 16.2. The van der Waals surface area contributed by atoms with Crippen molar-refractivity contribution in [3.8, 4) is 5.75 Å². The summed E-state index contributed by atoms with van der Waals surface area (Å²) in [5.74, 6) is 1.87. The van der Waals surface area contributed by atoms with E-state index in [0.29, 0.717) is 36.9 Å². The predicted octanol–water partition coefficient (Wildman–Crippen LogP) is 1.61. The molecule has 2 bridgehead atoms. The van der Waals surface area contributed by atoms with Crippen LogP contribution in [0.4, 0.5) is 0 Å². The van der Waals surface area contributed by atoms with Crippen LogP contribution in [-0.2, 0) is 9.59 Å². The Morgan fingerprint density at radius 3 is 2.70 bits per heavy atom. The van der Waals surface area contributed by atoms with Crippen LogP contribution >= 0.6 is 0 Å². The van der Waals surface area contributed by atoms with E-state index >= 15 is 0 Å². The zero-order chi connectivity index (χ0) is 19.0. The Kier molecular flexibility index (Phi) is 5.08. The second-order valence-corrected chi connectivity index (χ2v) is 8.02. The van der Waals surface area contributed by atoms with Crippen LogP contribution in [0, 0.1) is 5.92 Å². The van der Waals surface area contributed by atoms with Crippen LogP contribution in [0.3, 0.4) is 0 Å². The molecule has 0 aliphatic carbocycles. The molecule has 4 aliphatic heterocycles. The number of ether oxygens (including phenoxy) is 1. The molecule has 0 radical (unpaired) electrons. The molecule has 5 rings (SSSR count). The van der Waals surface area contributed by atoms with Crippen LogP contribution in [0.25, 0.3) is 0 Å². The van der Waals surface area contributed by atoms with Gasteiger partial charge in [-0.2, -0.15) is 0 Å². The highest BCUT2D eigenvalue weighted by molar-refractivity contribution is 5.79. The van der Waals surface area contributed by atoms with Gasteiger partial charge in [-0.1, -0.05) is 12.1 Å². The Bertz CT molecular complexity index is 714. The minimum atomic E-state index is -0.0841. The lowest BCUT2D eigenvalue weighted by molar-refractivity contribution is -0.135. The highest BCUT2D eigenvalue weighted by Crippen LogP contribution is 2.47. The Labute approximate surface area is 160 Å². The maximum absolute atomic E-state index is 13.0. The molecule has 146 valence electrons. The third-order valence-corrected chi connectivity index (χ3v) is 6.55. The minimum Gasteiger partial charge on any atom is -0.497 e. The van der Waals surface area contributed by atoms with Crippen LogP contribution in [0.1, 0.15) is 37.7 Å². The molecular formula is C21H29N3O3. The van der Waals surface area contributed by atoms with Crippen LogP contribution in [0.15, 0.2) is 24.3 Å². The van der Waals surface area contributed by atoms with Gasteiger partial charge in [0.2, 0.25) is 11.8 Å². The summed E-state index contributed by atoms with van der Waals surface area (Å²) in [7, 11) is 1.69. The number of rotatable bonds is 5. The van der Waals surface area contributed by atoms with Crippen molar-refractivity contribution in [1.29, 1.82) is 0 Å². The number of benzene rings is 1. The topological polar surface area (TPSA) is 61.9 Å². The number of carbonyl (C=O) groups is 2. The number of hydrogen-bond donors (Lipinski definition) is 1. The summed E-state index contributed by atoms with van der Waals surface area (Å²) in [5.41, 5.74) is 1.26. The highest BCUT2D eigenvalue weighted by atomic mass is 16.5. The van der Waals surface area contributed by atoms with E-state index in [1.807, 2.05) is 12.1 Å². The number of carbonyl (C=O) groups excluding carboxylic acids is 2. The van der Waals surface area contributed by atoms with E-state index in [1.165, 1.54) is 25.3 Å². The van der Waals surface area contributed by atoms with Crippen molar-refractivity contribution in [1.82, 2.24) is 15.1 Å². The molecule has 0 spiro atoms. The van der Waals surface area contributed by atoms with E-state index in [9.17, 15) is 9.59 Å². The fourth-order valence-electron chi connectivity index (χ4n) is 5.36. The predicted molar refractivity (Wildman–Crippen MR) is 103 cm³/mol. The normalized spacial score (nSPS) is 31.5. The molecule has 4 heterocycles. The van der Waals surface area contributed by atoms with Gasteiger partial charge in [-0.05, 0) is 49.5 Å². The smallest absolute Gasteiger partial charge is 0.224 e. The Morgan fingerprint density at radius 2 is 2.00 bits per heavy atom. The molecule has 0 aromatic heterocycles. The number of hydrogen-bond acceptors (Lipinski definition) is 4. The van der Waals surface area contributed by atoms with Gasteiger partial charge in [-0.3, -0.25) is 14.5 Å². The van der Waals surface area contributed by atoms with Gasteiger partial charge in [0.1, 0.15) is 5.75 Å². The number of methoxy groups -OCH3 is 1. The van der Waals surface area contributed by atoms with E-state index < -0.39 is 0 Å². The largest absolute Gasteiger partial charge is 0.497 e. The van der Waals surface area contributed by atoms with Gasteiger partial charge in [0.05, 0.1) is 13.2 Å². The van der Waals surface area contributed by atoms with Gasteiger partial charge in [0, 0.05) is 38.4 Å². The van der Waals surface area contributed by atoms with Crippen molar-refractivity contribution < 1.29 is 14.3 Å². The average Bonchev–Trinajstić information content (AvgIpc) is 3.11. The van der Waals surface area contributed by atoms with Crippen molar-refractivity contribution >= 4 is 11.8 Å². The van der Waals surface area contributed by atoms with Crippen LogP contribution in [0.2, 0.25) is 0 Å². The summed E-state index contributed by atoms with van der Waals surface area (Å²) in [6.07, 6.45) is 2.74. The number of nitrogens with one attached hydrogen (secondary N) is 1. The summed E-state index contributed by atoms with van der Waals surface area (Å²) >= 11 is 0. The third kappa shape index (κ3) is 3.43. The molecule has 3 atom stereocenters. The summed E-state index contributed by atoms with van der Waals surface area (Å²) in [4.78, 5) is 28.8. The molecule has 1 aromatic rings. The molecule has 1 aromatic carbocycles. The zero-order valence-corrected chi connectivity index (χ0v) is 16.2. The second-order valence-electron chi connectivity index (χ2n) is 8.02. The molecule has 27 heavy (non-hydrogen) atoms. The van der Waals surface area contributed by atoms with Crippen molar-refractivity contribution in [2.45, 2.75) is 44.2 Å². The van der Waals surface area contributed by atoms with E-state index in [-0.39, 0.29) is 11.8 Å². The Hall–Kier alpha value is -2.08. The highest BCUT2D eigenvalue weighted by Gasteiger charge is 2.54. The number of piperidine rings is 3. The molecule has 0 saturated carbocycles. The van der Waals surface area contributed by atoms with Crippen LogP contribution in [-0.4, -0.2) is 67.0 Å². The second kappa shape index (κ2) is 7.50. The molecule has 4 saturated heterocycles. The number of likely N-dealkylation sites (tertiary alicyclic amines) is 1. The lowest BCUT2D eigenvalue weighted by atomic mass is 9.75. The summed E-state index contributed by atoms with van der Waals surface area (Å²) in [5, 5.41) is 2.75. The molecule has 4 fully saturated rings. The molecule has 2 amide bonds. The molecule has 6 heteroatoms. The number of amides is 2. The first kappa shape index (κ1) is 18.3. The first-order valence-electron chi connectivity index (χ1n) is 10.0. The van der Waals surface area contributed by atoms with Gasteiger partial charge < -0.3 is 15.0 Å². The molecule has 4 aliphatic rings. The standard InChI is InChI=1S/C21H29N3O3/c1-14(25)22-9-6-19(26)24-13-18(16-4-3-5-17(12-16)27-2)21-20(24)15-7-10-23(21)11-8-15/h3-5,12,15,18,20-21H,6-11,13H2,1-2H3,(H,22,25). The van der Waals surface area contributed by atoms with Gasteiger partial charge in [0.25, 0.3) is 0 Å². The monoisotopic (exact) mass is 371 g/mol. The van der Waals surface area contributed by atoms with Crippen molar-refractivity contribution in [2.24, 2.45) is 5.92 Å². The molecule has 1 N–H and O–H groups in total. The fourth-order valence-corrected chi connectivity index (χ4v) is 5.36. The molecule has 6 nitrogen and oxygen atoms in total. The van der Waals surface area contributed by atoms with Crippen molar-refractivity contribution in [2.75, 3.05) is 33.3 Å². The molecular weight excluding hydrogens is 342 g/mol. The quantitative estimate of drug-likeness (QED) is 0.854. The van der Waals surface area contributed by atoms with E-state index in [4.69, 9.17) is 4.74 Å².